The van der Waals surface area contributed by atoms with E-state index in [9.17, 15) is 23.1 Å². The third-order valence-electron chi connectivity index (χ3n) is 7.08. The maximum absolute atomic E-state index is 15.1. The van der Waals surface area contributed by atoms with Crippen LogP contribution in [0, 0.1) is 11.7 Å². The summed E-state index contributed by atoms with van der Waals surface area (Å²) < 4.78 is 56.1. The first-order valence-electron chi connectivity index (χ1n) is 11.7. The number of amides is 1. The molecule has 1 fully saturated rings. The highest BCUT2D eigenvalue weighted by molar-refractivity contribution is 5.94. The van der Waals surface area contributed by atoms with E-state index in [1.54, 1.807) is 4.90 Å². The number of carbonyl (C=O) groups excluding carboxylic acids is 1. The van der Waals surface area contributed by atoms with Gasteiger partial charge >= 0.3 is 6.36 Å². The van der Waals surface area contributed by atoms with Crippen LogP contribution in [-0.4, -0.2) is 51.9 Å². The van der Waals surface area contributed by atoms with Gasteiger partial charge < -0.3 is 19.7 Å². The summed E-state index contributed by atoms with van der Waals surface area (Å²) in [5.41, 5.74) is 3.63. The number of nitrogens with one attached hydrogen (secondary N) is 1. The summed E-state index contributed by atoms with van der Waals surface area (Å²) in [6, 6.07) is 4.85. The molecule has 0 saturated carbocycles. The van der Waals surface area contributed by atoms with Crippen LogP contribution in [0.3, 0.4) is 0 Å². The molecule has 5 rings (SSSR count). The molecule has 1 saturated heterocycles. The summed E-state index contributed by atoms with van der Waals surface area (Å²) in [5, 5.41) is 10.5. The predicted molar refractivity (Wildman–Crippen MR) is 120 cm³/mol. The quantitative estimate of drug-likeness (QED) is 0.518. The summed E-state index contributed by atoms with van der Waals surface area (Å²) in [7, 11) is 0. The van der Waals surface area contributed by atoms with E-state index in [0.717, 1.165) is 41.6 Å². The Hall–Kier alpha value is -3.14. The molecule has 1 aromatic carbocycles. The molecule has 35 heavy (non-hydrogen) atoms. The second-order valence-electron chi connectivity index (χ2n) is 9.26. The number of pyridine rings is 1. The summed E-state index contributed by atoms with van der Waals surface area (Å²) in [6.07, 6.45) is -0.101. The number of piperidine rings is 1. The molecule has 3 heterocycles. The van der Waals surface area contributed by atoms with Gasteiger partial charge in [0.05, 0.1) is 6.20 Å². The average Bonchev–Trinajstić information content (AvgIpc) is 3.21. The van der Waals surface area contributed by atoms with Crippen LogP contribution in [0.25, 0.3) is 11.0 Å². The van der Waals surface area contributed by atoms with Crippen molar-refractivity contribution in [2.75, 3.05) is 19.7 Å². The number of hydrogen-bond acceptors (Lipinski definition) is 4. The van der Waals surface area contributed by atoms with E-state index in [2.05, 4.69) is 14.7 Å². The minimum Gasteiger partial charge on any atom is -0.406 e. The molecule has 0 spiro atoms. The van der Waals surface area contributed by atoms with Crippen LogP contribution in [0.15, 0.2) is 30.5 Å². The number of nitrogens with zero attached hydrogens (tertiary/aromatic N) is 2. The summed E-state index contributed by atoms with van der Waals surface area (Å²) in [6.45, 7) is 0.896. The van der Waals surface area contributed by atoms with Crippen molar-refractivity contribution in [2.45, 2.75) is 44.4 Å². The molecular weight excluding hydrogens is 466 g/mol. The lowest BCUT2D eigenvalue weighted by Gasteiger charge is -2.33. The first kappa shape index (κ1) is 23.6. The van der Waals surface area contributed by atoms with Crippen molar-refractivity contribution in [3.63, 3.8) is 0 Å². The van der Waals surface area contributed by atoms with E-state index in [1.807, 2.05) is 0 Å². The van der Waals surface area contributed by atoms with Crippen LogP contribution in [-0.2, 0) is 12.8 Å². The van der Waals surface area contributed by atoms with E-state index < -0.39 is 6.36 Å². The molecule has 6 nitrogen and oxygen atoms in total. The number of fused-ring (bicyclic) bond motifs is 3. The first-order valence-corrected chi connectivity index (χ1v) is 11.7. The van der Waals surface area contributed by atoms with E-state index in [1.165, 1.54) is 18.3 Å². The highest BCUT2D eigenvalue weighted by atomic mass is 19.4. The summed E-state index contributed by atoms with van der Waals surface area (Å²) in [5.74, 6) is -0.989. The first-order chi connectivity index (χ1) is 16.7. The van der Waals surface area contributed by atoms with E-state index in [4.69, 9.17) is 0 Å². The number of aromatic amines is 1. The largest absolute Gasteiger partial charge is 0.573 e. The van der Waals surface area contributed by atoms with Crippen molar-refractivity contribution < 1.29 is 32.2 Å². The highest BCUT2D eigenvalue weighted by Gasteiger charge is 2.33. The maximum atomic E-state index is 15.1. The van der Waals surface area contributed by atoms with E-state index in [0.29, 0.717) is 43.6 Å². The van der Waals surface area contributed by atoms with Crippen LogP contribution in [0.4, 0.5) is 17.6 Å². The van der Waals surface area contributed by atoms with E-state index >= 15 is 4.39 Å². The second-order valence-corrected chi connectivity index (χ2v) is 9.26. The highest BCUT2D eigenvalue weighted by Crippen LogP contribution is 2.40. The number of aryl methyl sites for hydroxylation is 1. The average molecular weight is 491 g/mol. The molecule has 1 atom stereocenters. The lowest BCUT2D eigenvalue weighted by Crippen LogP contribution is -2.38. The Balaban J connectivity index is 1.33. The number of alkyl halides is 3. The number of aliphatic hydroxyl groups is 1. The molecule has 0 radical (unpaired) electrons. The molecule has 1 aliphatic carbocycles. The Morgan fingerprint density at radius 3 is 2.54 bits per heavy atom. The minimum atomic E-state index is -4.79. The smallest absolute Gasteiger partial charge is 0.406 e. The normalized spacial score (nSPS) is 19.1. The van der Waals surface area contributed by atoms with Gasteiger partial charge in [-0.05, 0) is 73.8 Å². The van der Waals surface area contributed by atoms with Gasteiger partial charge in [-0.1, -0.05) is 0 Å². The Labute approximate surface area is 198 Å². The van der Waals surface area contributed by atoms with Gasteiger partial charge in [0.2, 0.25) is 0 Å². The zero-order valence-electron chi connectivity index (χ0n) is 18.9. The molecule has 10 heteroatoms. The fourth-order valence-corrected chi connectivity index (χ4v) is 5.36. The van der Waals surface area contributed by atoms with Gasteiger partial charge in [0, 0.05) is 41.9 Å². The molecule has 2 aliphatic rings. The fourth-order valence-electron chi connectivity index (χ4n) is 5.36. The number of hydrogen-bond donors (Lipinski definition) is 2. The molecule has 1 unspecified atom stereocenters. The number of rotatable bonds is 4. The number of ether oxygens (including phenoxy) is 1. The van der Waals surface area contributed by atoms with E-state index in [-0.39, 0.29) is 41.5 Å². The Morgan fingerprint density at radius 1 is 1.17 bits per heavy atom. The Morgan fingerprint density at radius 2 is 1.89 bits per heavy atom. The summed E-state index contributed by atoms with van der Waals surface area (Å²) >= 11 is 0. The SMILES string of the molecule is O=C(c1ccc(OC(F)(F)F)cc1)N1CCC(c2c(F)cnc3[nH]c4c(c23)CC(CO)CC4)CC1. The fraction of sp³-hybridized carbons (Fsp3) is 0.440. The maximum Gasteiger partial charge on any atom is 0.573 e. The van der Waals surface area contributed by atoms with Crippen molar-refractivity contribution >= 4 is 16.9 Å². The standard InChI is InChI=1S/C25H25F4N3O3/c26-19-12-30-23-22(18-11-14(13-33)1-6-20(18)31-23)21(19)15-7-9-32(10-8-15)24(34)16-2-4-17(5-3-16)35-25(27,28)29/h2-5,12,14-15,33H,1,6-11,13H2,(H,30,31). The number of aromatic nitrogens is 2. The van der Waals surface area contributed by atoms with Gasteiger partial charge in [0.1, 0.15) is 17.2 Å². The van der Waals surface area contributed by atoms with Crippen LogP contribution in [0.1, 0.15) is 52.4 Å². The van der Waals surface area contributed by atoms with Gasteiger partial charge in [-0.15, -0.1) is 13.2 Å². The summed E-state index contributed by atoms with van der Waals surface area (Å²) in [4.78, 5) is 22.1. The topological polar surface area (TPSA) is 78.5 Å². The second kappa shape index (κ2) is 9.14. The zero-order valence-corrected chi connectivity index (χ0v) is 18.9. The zero-order chi connectivity index (χ0) is 24.7. The minimum absolute atomic E-state index is 0.0913. The number of aliphatic hydroxyl groups excluding tert-OH is 1. The number of halogens is 4. The third-order valence-corrected chi connectivity index (χ3v) is 7.08. The number of carbonyl (C=O) groups is 1. The molecule has 2 N–H and O–H groups in total. The number of likely N-dealkylation sites (tertiary alicyclic amines) is 1. The van der Waals surface area contributed by atoms with Crippen molar-refractivity contribution in [1.82, 2.24) is 14.9 Å². The molecule has 186 valence electrons. The number of benzene rings is 1. The monoisotopic (exact) mass is 491 g/mol. The Bertz CT molecular complexity index is 1230. The molecule has 2 aromatic heterocycles. The van der Waals surface area contributed by atoms with Crippen LogP contribution < -0.4 is 4.74 Å². The molecular formula is C25H25F4N3O3. The predicted octanol–water partition coefficient (Wildman–Crippen LogP) is 4.72. The van der Waals surface area contributed by atoms with Gasteiger partial charge in [-0.3, -0.25) is 4.79 Å². The van der Waals surface area contributed by atoms with Crippen molar-refractivity contribution in [1.29, 1.82) is 0 Å². The van der Waals surface area contributed by atoms with Crippen molar-refractivity contribution in [2.24, 2.45) is 5.92 Å². The van der Waals surface area contributed by atoms with Crippen LogP contribution in [0.5, 0.6) is 5.75 Å². The lowest BCUT2D eigenvalue weighted by molar-refractivity contribution is -0.274. The Kier molecular flexibility index (Phi) is 6.16. The van der Waals surface area contributed by atoms with Gasteiger partial charge in [0.25, 0.3) is 5.91 Å². The number of H-pyrrole nitrogens is 1. The molecule has 1 aliphatic heterocycles. The van der Waals surface area contributed by atoms with Crippen LogP contribution in [0.2, 0.25) is 0 Å². The molecule has 3 aromatic rings. The lowest BCUT2D eigenvalue weighted by atomic mass is 9.82. The van der Waals surface area contributed by atoms with Gasteiger partial charge in [-0.2, -0.15) is 0 Å². The van der Waals surface area contributed by atoms with Crippen molar-refractivity contribution in [3.05, 3.63) is 58.7 Å². The van der Waals surface area contributed by atoms with Gasteiger partial charge in [0.15, 0.2) is 0 Å². The van der Waals surface area contributed by atoms with Crippen molar-refractivity contribution in [3.8, 4) is 5.75 Å². The molecule has 1 amide bonds. The third kappa shape index (κ3) is 4.71. The van der Waals surface area contributed by atoms with Gasteiger partial charge in [-0.25, -0.2) is 9.37 Å². The van der Waals surface area contributed by atoms with Crippen LogP contribution >= 0.6 is 0 Å². The molecule has 0 bridgehead atoms.